The number of carbonyl (C=O) groups is 1. The van der Waals surface area contributed by atoms with Crippen molar-refractivity contribution in [1.29, 1.82) is 0 Å². The first-order valence-electron chi connectivity index (χ1n) is 6.85. The number of rotatable bonds is 7. The van der Waals surface area contributed by atoms with Crippen molar-refractivity contribution in [2.45, 2.75) is 33.3 Å². The molecule has 20 heavy (non-hydrogen) atoms. The highest BCUT2D eigenvalue weighted by atomic mass is 16.5. The molecule has 0 saturated carbocycles. The summed E-state index contributed by atoms with van der Waals surface area (Å²) in [6.45, 7) is 6.04. The van der Waals surface area contributed by atoms with Gasteiger partial charge in [-0.05, 0) is 38.0 Å². The Morgan fingerprint density at radius 2 is 2.25 bits per heavy atom. The molecule has 0 aliphatic rings. The highest BCUT2D eigenvalue weighted by Crippen LogP contribution is 2.12. The van der Waals surface area contributed by atoms with E-state index in [1.165, 1.54) is 0 Å². The maximum absolute atomic E-state index is 11.6. The third-order valence-corrected chi connectivity index (χ3v) is 2.80. The highest BCUT2D eigenvalue weighted by molar-refractivity contribution is 5.92. The summed E-state index contributed by atoms with van der Waals surface area (Å²) in [5, 5.41) is 12.5. The van der Waals surface area contributed by atoms with E-state index >= 15 is 0 Å². The lowest BCUT2D eigenvalue weighted by molar-refractivity contribution is -0.118. The fraction of sp³-hybridized carbons (Fsp3) is 0.438. The predicted molar refractivity (Wildman–Crippen MR) is 79.7 cm³/mol. The van der Waals surface area contributed by atoms with Crippen LogP contribution >= 0.6 is 0 Å². The predicted octanol–water partition coefficient (Wildman–Crippen LogP) is 2.21. The Bertz CT molecular complexity index is 469. The van der Waals surface area contributed by atoms with Gasteiger partial charge in [0.2, 0.25) is 5.91 Å². The lowest BCUT2D eigenvalue weighted by Gasteiger charge is -2.13. The summed E-state index contributed by atoms with van der Waals surface area (Å²) < 4.78 is 5.47. The molecule has 0 aliphatic heterocycles. The van der Waals surface area contributed by atoms with E-state index in [0.717, 1.165) is 17.7 Å². The molecule has 0 aromatic heterocycles. The number of amides is 1. The molecule has 110 valence electrons. The number of hydrogen-bond acceptors (Lipinski definition) is 3. The SMILES string of the molecule is CC/C=C(/C)C(=O)NCC(O)COc1cccc(C)c1. The lowest BCUT2D eigenvalue weighted by atomic mass is 10.2. The number of aliphatic hydroxyl groups excluding tert-OH is 1. The molecule has 4 nitrogen and oxygen atoms in total. The van der Waals surface area contributed by atoms with Crippen molar-refractivity contribution in [3.63, 3.8) is 0 Å². The molecule has 0 saturated heterocycles. The van der Waals surface area contributed by atoms with Gasteiger partial charge >= 0.3 is 0 Å². The fourth-order valence-corrected chi connectivity index (χ4v) is 1.71. The van der Waals surface area contributed by atoms with Gasteiger partial charge in [-0.25, -0.2) is 0 Å². The van der Waals surface area contributed by atoms with Gasteiger partial charge in [-0.15, -0.1) is 0 Å². The van der Waals surface area contributed by atoms with Crippen LogP contribution in [0, 0.1) is 6.92 Å². The Morgan fingerprint density at radius 3 is 2.90 bits per heavy atom. The second kappa shape index (κ2) is 8.38. The van der Waals surface area contributed by atoms with Gasteiger partial charge in [-0.1, -0.05) is 25.1 Å². The summed E-state index contributed by atoms with van der Waals surface area (Å²) in [6, 6.07) is 7.62. The van der Waals surface area contributed by atoms with Crippen LogP contribution in [0.4, 0.5) is 0 Å². The average molecular weight is 277 g/mol. The molecule has 4 heteroatoms. The number of aliphatic hydroxyl groups is 1. The zero-order valence-electron chi connectivity index (χ0n) is 12.3. The number of carbonyl (C=O) groups excluding carboxylic acids is 1. The Morgan fingerprint density at radius 1 is 1.50 bits per heavy atom. The van der Waals surface area contributed by atoms with Crippen molar-refractivity contribution >= 4 is 5.91 Å². The maximum Gasteiger partial charge on any atom is 0.246 e. The van der Waals surface area contributed by atoms with Crippen molar-refractivity contribution in [2.24, 2.45) is 0 Å². The molecule has 0 spiro atoms. The Labute approximate surface area is 120 Å². The van der Waals surface area contributed by atoms with Crippen LogP contribution in [0.3, 0.4) is 0 Å². The monoisotopic (exact) mass is 277 g/mol. The zero-order chi connectivity index (χ0) is 15.0. The van der Waals surface area contributed by atoms with E-state index in [1.807, 2.05) is 44.2 Å². The van der Waals surface area contributed by atoms with E-state index in [-0.39, 0.29) is 19.1 Å². The second-order valence-electron chi connectivity index (χ2n) is 4.79. The van der Waals surface area contributed by atoms with Gasteiger partial charge in [0.1, 0.15) is 18.5 Å². The van der Waals surface area contributed by atoms with Crippen LogP contribution in [0.25, 0.3) is 0 Å². The smallest absolute Gasteiger partial charge is 0.246 e. The molecule has 1 rings (SSSR count). The zero-order valence-corrected chi connectivity index (χ0v) is 12.3. The van der Waals surface area contributed by atoms with Gasteiger partial charge in [0.05, 0.1) is 0 Å². The van der Waals surface area contributed by atoms with Gasteiger partial charge in [0.15, 0.2) is 0 Å². The minimum atomic E-state index is -0.728. The summed E-state index contributed by atoms with van der Waals surface area (Å²) in [5.74, 6) is 0.568. The molecule has 1 aromatic carbocycles. The number of allylic oxidation sites excluding steroid dienone is 1. The van der Waals surface area contributed by atoms with E-state index in [1.54, 1.807) is 6.92 Å². The number of aryl methyl sites for hydroxylation is 1. The van der Waals surface area contributed by atoms with Crippen molar-refractivity contribution in [3.05, 3.63) is 41.5 Å². The Balaban J connectivity index is 2.32. The quantitative estimate of drug-likeness (QED) is 0.751. The molecular weight excluding hydrogens is 254 g/mol. The number of ether oxygens (including phenoxy) is 1. The average Bonchev–Trinajstić information content (AvgIpc) is 2.42. The Hall–Kier alpha value is -1.81. The molecule has 1 aromatic rings. The van der Waals surface area contributed by atoms with Crippen LogP contribution < -0.4 is 10.1 Å². The molecule has 0 aliphatic carbocycles. The van der Waals surface area contributed by atoms with Crippen LogP contribution in [-0.4, -0.2) is 30.3 Å². The van der Waals surface area contributed by atoms with Crippen molar-refractivity contribution in [2.75, 3.05) is 13.2 Å². The van der Waals surface area contributed by atoms with E-state index in [9.17, 15) is 9.90 Å². The topological polar surface area (TPSA) is 58.6 Å². The first-order valence-corrected chi connectivity index (χ1v) is 6.85. The van der Waals surface area contributed by atoms with E-state index in [4.69, 9.17) is 4.74 Å². The molecule has 1 amide bonds. The largest absolute Gasteiger partial charge is 0.491 e. The fourth-order valence-electron chi connectivity index (χ4n) is 1.71. The van der Waals surface area contributed by atoms with Gasteiger partial charge in [0.25, 0.3) is 0 Å². The molecule has 0 bridgehead atoms. The summed E-state index contributed by atoms with van der Waals surface area (Å²) in [5.41, 5.74) is 1.77. The molecule has 1 unspecified atom stereocenters. The van der Waals surface area contributed by atoms with Crippen molar-refractivity contribution in [1.82, 2.24) is 5.32 Å². The molecule has 1 atom stereocenters. The van der Waals surface area contributed by atoms with Gasteiger partial charge in [-0.2, -0.15) is 0 Å². The van der Waals surface area contributed by atoms with E-state index in [0.29, 0.717) is 5.57 Å². The van der Waals surface area contributed by atoms with Gasteiger partial charge in [-0.3, -0.25) is 4.79 Å². The molecule has 0 fully saturated rings. The standard InChI is InChI=1S/C16H23NO3/c1-4-6-13(3)16(19)17-10-14(18)11-20-15-8-5-7-12(2)9-15/h5-9,14,18H,4,10-11H2,1-3H3,(H,17,19)/b13-6-. The third kappa shape index (κ3) is 5.89. The maximum atomic E-state index is 11.6. The highest BCUT2D eigenvalue weighted by Gasteiger charge is 2.09. The molecule has 2 N–H and O–H groups in total. The molecular formula is C16H23NO3. The minimum absolute atomic E-state index is 0.151. The van der Waals surface area contributed by atoms with Crippen LogP contribution in [-0.2, 0) is 4.79 Å². The van der Waals surface area contributed by atoms with Crippen molar-refractivity contribution < 1.29 is 14.6 Å². The number of hydrogen-bond donors (Lipinski definition) is 2. The lowest BCUT2D eigenvalue weighted by Crippen LogP contribution is -2.35. The van der Waals surface area contributed by atoms with Crippen LogP contribution in [0.1, 0.15) is 25.8 Å². The van der Waals surface area contributed by atoms with Gasteiger partial charge in [0, 0.05) is 12.1 Å². The van der Waals surface area contributed by atoms with Crippen molar-refractivity contribution in [3.8, 4) is 5.75 Å². The van der Waals surface area contributed by atoms with E-state index < -0.39 is 6.10 Å². The van der Waals surface area contributed by atoms with Gasteiger partial charge < -0.3 is 15.2 Å². The Kier molecular flexibility index (Phi) is 6.81. The van der Waals surface area contributed by atoms with Crippen LogP contribution in [0.2, 0.25) is 0 Å². The molecule has 0 radical (unpaired) electrons. The van der Waals surface area contributed by atoms with E-state index in [2.05, 4.69) is 5.32 Å². The number of benzene rings is 1. The second-order valence-corrected chi connectivity index (χ2v) is 4.79. The van der Waals surface area contributed by atoms with Crippen LogP contribution in [0.15, 0.2) is 35.9 Å². The summed E-state index contributed by atoms with van der Waals surface area (Å²) in [7, 11) is 0. The number of nitrogens with one attached hydrogen (secondary N) is 1. The first kappa shape index (κ1) is 16.2. The summed E-state index contributed by atoms with van der Waals surface area (Å²) >= 11 is 0. The molecule has 0 heterocycles. The minimum Gasteiger partial charge on any atom is -0.491 e. The third-order valence-electron chi connectivity index (χ3n) is 2.80. The summed E-state index contributed by atoms with van der Waals surface area (Å²) in [6.07, 6.45) is 1.94. The summed E-state index contributed by atoms with van der Waals surface area (Å²) in [4.78, 5) is 11.6. The van der Waals surface area contributed by atoms with Crippen LogP contribution in [0.5, 0.6) is 5.75 Å². The normalized spacial score (nSPS) is 12.9. The first-order chi connectivity index (χ1) is 9.52.